The van der Waals surface area contributed by atoms with Crippen LogP contribution in [0, 0.1) is 41.5 Å². The molecule has 0 saturated heterocycles. The molecule has 4 heterocycles. The second-order valence-corrected chi connectivity index (χ2v) is 22.8. The molecule has 4 nitrogen and oxygen atoms in total. The standard InChI is InChI=1S/2C19H26N.2C17H22N/c2*1-13(2)17-11-19(16-10-8-7-9-15(16)5)20(6)12-18(17)14(3)4;2*1-12(2)16-11-18(5)17(10-14(16)4)15-9-7-6-8-13(15)3/h2*7-14H,1-6H3;2*6-12H,1-5H3/q4*+1/i13D,14D;;12D;. The lowest BCUT2D eigenvalue weighted by molar-refractivity contribution is -0.661. The predicted molar refractivity (Wildman–Crippen MR) is 325 cm³/mol. The van der Waals surface area contributed by atoms with Gasteiger partial charge in [0.05, 0.1) is 0 Å². The molecule has 0 radical (unpaired) electrons. The van der Waals surface area contributed by atoms with E-state index in [1.54, 1.807) is 0 Å². The maximum absolute atomic E-state index is 8.48. The van der Waals surface area contributed by atoms with Crippen LogP contribution in [0.1, 0.15) is 189 Å². The van der Waals surface area contributed by atoms with E-state index in [2.05, 4.69) is 250 Å². The maximum atomic E-state index is 8.48. The molecule has 0 N–H and O–H groups in total. The molecule has 0 atom stereocenters. The third kappa shape index (κ3) is 14.9. The van der Waals surface area contributed by atoms with Gasteiger partial charge in [-0.1, -0.05) is 156 Å². The molecule has 0 bridgehead atoms. The summed E-state index contributed by atoms with van der Waals surface area (Å²) in [5.74, 6) is -0.343. The van der Waals surface area contributed by atoms with Crippen LogP contribution in [0.5, 0.6) is 0 Å². The highest BCUT2D eigenvalue weighted by atomic mass is 14.9. The van der Waals surface area contributed by atoms with Gasteiger partial charge in [-0.15, -0.1) is 0 Å². The average Bonchev–Trinajstić information content (AvgIpc) is 3.42. The van der Waals surface area contributed by atoms with Gasteiger partial charge in [0.25, 0.3) is 0 Å². The molecule has 76 heavy (non-hydrogen) atoms. The van der Waals surface area contributed by atoms with Crippen molar-refractivity contribution in [3.8, 4) is 45.0 Å². The first kappa shape index (κ1) is 55.7. The highest BCUT2D eigenvalue weighted by Gasteiger charge is 2.23. The maximum Gasteiger partial charge on any atom is 0.212 e. The molecule has 8 rings (SSSR count). The SMILES string of the molecule is Cc1ccccc1-c1cc(C(C)C)c(C(C)C)c[n+]1C.Cc1ccccc1-c1cc(C)c(C(C)C)c[n+]1C.[2H]C(C)(C)c1c[n+](C)c(-c2ccccc2C)cc1C.[2H]C(C)(C)c1cc(-c2ccccc2C)[n+](C)cc1C([2H])(C)C. The fourth-order valence-electron chi connectivity index (χ4n) is 10.3. The van der Waals surface area contributed by atoms with Crippen LogP contribution in [0.25, 0.3) is 45.0 Å². The summed E-state index contributed by atoms with van der Waals surface area (Å²) in [6.45, 7) is 37.9. The van der Waals surface area contributed by atoms with Gasteiger partial charge >= 0.3 is 0 Å². The minimum atomic E-state index is -0.737. The van der Waals surface area contributed by atoms with Gasteiger partial charge in [0, 0.05) is 72.9 Å². The Morgan fingerprint density at radius 2 is 0.526 bits per heavy atom. The summed E-state index contributed by atoms with van der Waals surface area (Å²) in [4.78, 5) is 0. The van der Waals surface area contributed by atoms with Gasteiger partial charge in [-0.3, -0.25) is 0 Å². The second-order valence-electron chi connectivity index (χ2n) is 22.8. The van der Waals surface area contributed by atoms with Gasteiger partial charge in [0.2, 0.25) is 22.8 Å². The van der Waals surface area contributed by atoms with E-state index in [9.17, 15) is 0 Å². The molecule has 400 valence electrons. The molecule has 8 aromatic rings. The fraction of sp³-hybridized carbons (Fsp3) is 0.389. The van der Waals surface area contributed by atoms with E-state index in [-0.39, 0.29) is 0 Å². The van der Waals surface area contributed by atoms with Crippen LogP contribution in [0.15, 0.2) is 146 Å². The van der Waals surface area contributed by atoms with Crippen LogP contribution in [0.4, 0.5) is 0 Å². The summed E-state index contributed by atoms with van der Waals surface area (Å²) in [6, 6.07) is 42.8. The van der Waals surface area contributed by atoms with Crippen LogP contribution in [0.3, 0.4) is 0 Å². The summed E-state index contributed by atoms with van der Waals surface area (Å²) in [5.41, 5.74) is 24.9. The zero-order valence-electron chi connectivity index (χ0n) is 53.9. The summed E-state index contributed by atoms with van der Waals surface area (Å²) in [7, 11) is 8.35. The van der Waals surface area contributed by atoms with Gasteiger partial charge in [-0.05, 0) is 146 Å². The Bertz CT molecular complexity index is 3380. The van der Waals surface area contributed by atoms with E-state index in [0.29, 0.717) is 17.8 Å². The van der Waals surface area contributed by atoms with Gasteiger partial charge in [0.1, 0.15) is 28.2 Å². The van der Waals surface area contributed by atoms with Crippen molar-refractivity contribution in [2.45, 2.75) is 160 Å². The van der Waals surface area contributed by atoms with E-state index >= 15 is 0 Å². The first-order valence-corrected chi connectivity index (χ1v) is 27.6. The molecule has 0 spiro atoms. The lowest BCUT2D eigenvalue weighted by atomic mass is 9.90. The van der Waals surface area contributed by atoms with Crippen LogP contribution in [0.2, 0.25) is 0 Å². The lowest BCUT2D eigenvalue weighted by Gasteiger charge is -2.16. The van der Waals surface area contributed by atoms with E-state index in [4.69, 9.17) is 4.11 Å². The van der Waals surface area contributed by atoms with Crippen molar-refractivity contribution in [1.82, 2.24) is 0 Å². The van der Waals surface area contributed by atoms with Gasteiger partial charge in [-0.25, -0.2) is 18.3 Å². The topological polar surface area (TPSA) is 15.5 Å². The number of benzene rings is 4. The molecule has 0 aliphatic rings. The number of aryl methyl sites for hydroxylation is 10. The third-order valence-electron chi connectivity index (χ3n) is 14.8. The number of pyridine rings is 4. The van der Waals surface area contributed by atoms with E-state index in [1.807, 2.05) is 66.9 Å². The molecule has 0 aliphatic carbocycles. The lowest BCUT2D eigenvalue weighted by Crippen LogP contribution is -2.32. The zero-order chi connectivity index (χ0) is 59.1. The van der Waals surface area contributed by atoms with Crippen molar-refractivity contribution in [1.29, 1.82) is 0 Å². The van der Waals surface area contributed by atoms with Crippen molar-refractivity contribution in [2.75, 3.05) is 0 Å². The second kappa shape index (κ2) is 27.0. The smallest absolute Gasteiger partial charge is 0.201 e. The molecule has 0 aliphatic heterocycles. The Kier molecular flexibility index (Phi) is 19.8. The first-order valence-electron chi connectivity index (χ1n) is 29.1. The van der Waals surface area contributed by atoms with Crippen LogP contribution in [-0.2, 0) is 28.2 Å². The van der Waals surface area contributed by atoms with Crippen molar-refractivity contribution >= 4 is 0 Å². The van der Waals surface area contributed by atoms with Gasteiger partial charge in [0.15, 0.2) is 24.8 Å². The van der Waals surface area contributed by atoms with Crippen molar-refractivity contribution in [3.05, 3.63) is 213 Å². The summed E-state index contributed by atoms with van der Waals surface area (Å²) < 4.78 is 33.8. The number of rotatable bonds is 10. The fourth-order valence-corrected chi connectivity index (χ4v) is 10.3. The van der Waals surface area contributed by atoms with Crippen molar-refractivity contribution in [3.63, 3.8) is 0 Å². The number of nitrogens with zero attached hydrogens (tertiary/aromatic N) is 4. The molecule has 0 saturated carbocycles. The Morgan fingerprint density at radius 1 is 0.276 bits per heavy atom. The highest BCUT2D eigenvalue weighted by Crippen LogP contribution is 2.32. The Balaban J connectivity index is 0.000000194. The summed E-state index contributed by atoms with van der Waals surface area (Å²) in [5, 5.41) is 0. The van der Waals surface area contributed by atoms with Gasteiger partial charge in [-0.2, -0.15) is 0 Å². The minimum absolute atomic E-state index is 0.552. The number of aromatic nitrogens is 4. The molecule has 4 heteroatoms. The summed E-state index contributed by atoms with van der Waals surface area (Å²) in [6.07, 6.45) is 8.67. The number of hydrogen-bond donors (Lipinski definition) is 0. The Hall–Kier alpha value is -6.52. The molecule has 4 aromatic carbocycles. The van der Waals surface area contributed by atoms with Gasteiger partial charge < -0.3 is 0 Å². The van der Waals surface area contributed by atoms with Crippen LogP contribution < -0.4 is 18.3 Å². The Labute approximate surface area is 466 Å². The van der Waals surface area contributed by atoms with E-state index in [0.717, 1.165) is 22.4 Å². The predicted octanol–water partition coefficient (Wildman–Crippen LogP) is 17.3. The van der Waals surface area contributed by atoms with E-state index in [1.165, 1.54) is 89.4 Å². The summed E-state index contributed by atoms with van der Waals surface area (Å²) >= 11 is 0. The monoisotopic (exact) mass is 1020 g/mol. The zero-order valence-corrected chi connectivity index (χ0v) is 50.9. The van der Waals surface area contributed by atoms with Crippen molar-refractivity contribution in [2.24, 2.45) is 28.2 Å². The molecular formula is C72H96N4+4. The van der Waals surface area contributed by atoms with Crippen LogP contribution >= 0.6 is 0 Å². The Morgan fingerprint density at radius 3 is 0.829 bits per heavy atom. The average molecular weight is 1020 g/mol. The molecule has 0 amide bonds. The third-order valence-corrected chi connectivity index (χ3v) is 14.8. The molecule has 4 aromatic heterocycles. The normalized spacial score (nSPS) is 12.2. The number of hydrogen-bond acceptors (Lipinski definition) is 0. The quantitative estimate of drug-likeness (QED) is 0.121. The molecular weight excluding hydrogens is 921 g/mol. The minimum Gasteiger partial charge on any atom is -0.201 e. The largest absolute Gasteiger partial charge is 0.212 e. The highest BCUT2D eigenvalue weighted by molar-refractivity contribution is 5.64. The molecule has 0 fully saturated rings. The van der Waals surface area contributed by atoms with E-state index < -0.39 is 17.7 Å². The first-order chi connectivity index (χ1) is 36.7. The van der Waals surface area contributed by atoms with Crippen LogP contribution in [-0.4, -0.2) is 0 Å². The molecule has 0 unspecified atom stereocenters. The van der Waals surface area contributed by atoms with Crippen molar-refractivity contribution < 1.29 is 22.4 Å².